The predicted octanol–water partition coefficient (Wildman–Crippen LogP) is 3.81. The standard InChI is InChI=1S/C13H10Cl2F2N2O2/c14-7-2-1-6(3-8(7)15)4-9-12(13(20)21)10(19-18-9)5-11(16)17/h1-3,11H,4-5H2,(H,18,19)(H,20,21). The van der Waals surface area contributed by atoms with E-state index in [9.17, 15) is 18.7 Å². The van der Waals surface area contributed by atoms with Crippen LogP contribution in [0.4, 0.5) is 8.78 Å². The SMILES string of the molecule is O=C(O)c1c(CC(F)F)n[nH]c1Cc1ccc(Cl)c(Cl)c1. The van der Waals surface area contributed by atoms with Gasteiger partial charge in [0.15, 0.2) is 0 Å². The summed E-state index contributed by atoms with van der Waals surface area (Å²) in [5.41, 5.74) is 0.560. The first-order chi connectivity index (χ1) is 9.88. The van der Waals surface area contributed by atoms with Crippen molar-refractivity contribution in [2.45, 2.75) is 19.3 Å². The van der Waals surface area contributed by atoms with Crippen LogP contribution in [0.5, 0.6) is 0 Å². The molecular weight excluding hydrogens is 325 g/mol. The summed E-state index contributed by atoms with van der Waals surface area (Å²) in [6.07, 6.45) is -3.20. The number of benzene rings is 1. The third kappa shape index (κ3) is 3.71. The van der Waals surface area contributed by atoms with Crippen molar-refractivity contribution in [2.24, 2.45) is 0 Å². The lowest BCUT2D eigenvalue weighted by atomic mass is 10.0. The second-order valence-corrected chi connectivity index (χ2v) is 5.16. The van der Waals surface area contributed by atoms with Crippen LogP contribution in [0, 0.1) is 0 Å². The number of carboxylic acid groups (broad SMARTS) is 1. The number of halogens is 4. The van der Waals surface area contributed by atoms with E-state index in [1.807, 2.05) is 0 Å². The molecule has 112 valence electrons. The number of aromatic nitrogens is 2. The van der Waals surface area contributed by atoms with Crippen LogP contribution in [0.15, 0.2) is 18.2 Å². The van der Waals surface area contributed by atoms with E-state index in [0.717, 1.165) is 0 Å². The minimum atomic E-state index is -2.66. The van der Waals surface area contributed by atoms with Gasteiger partial charge in [0, 0.05) is 6.42 Å². The normalized spacial score (nSPS) is 11.1. The maximum atomic E-state index is 12.4. The van der Waals surface area contributed by atoms with Crippen LogP contribution in [0.3, 0.4) is 0 Å². The quantitative estimate of drug-likeness (QED) is 0.873. The van der Waals surface area contributed by atoms with Crippen LogP contribution in [0.25, 0.3) is 0 Å². The van der Waals surface area contributed by atoms with Crippen LogP contribution in [-0.2, 0) is 12.8 Å². The van der Waals surface area contributed by atoms with Gasteiger partial charge in [-0.1, -0.05) is 29.3 Å². The number of hydrogen-bond acceptors (Lipinski definition) is 2. The average Bonchev–Trinajstić information content (AvgIpc) is 2.76. The lowest BCUT2D eigenvalue weighted by Gasteiger charge is -2.04. The summed E-state index contributed by atoms with van der Waals surface area (Å²) in [7, 11) is 0. The highest BCUT2D eigenvalue weighted by molar-refractivity contribution is 6.42. The number of aromatic carboxylic acids is 1. The van der Waals surface area contributed by atoms with Crippen molar-refractivity contribution in [3.8, 4) is 0 Å². The summed E-state index contributed by atoms with van der Waals surface area (Å²) in [6.45, 7) is 0. The number of carboxylic acids is 1. The molecule has 0 fully saturated rings. The Morgan fingerprint density at radius 2 is 2.05 bits per heavy atom. The lowest BCUT2D eigenvalue weighted by molar-refractivity contribution is 0.0693. The molecular formula is C13H10Cl2F2N2O2. The van der Waals surface area contributed by atoms with Crippen LogP contribution in [0.1, 0.15) is 27.3 Å². The minimum absolute atomic E-state index is 0.160. The molecule has 0 saturated carbocycles. The molecule has 0 saturated heterocycles. The fourth-order valence-corrected chi connectivity index (χ4v) is 2.27. The van der Waals surface area contributed by atoms with E-state index in [1.165, 1.54) is 0 Å². The Kier molecular flexibility index (Phi) is 4.80. The smallest absolute Gasteiger partial charge is 0.339 e. The van der Waals surface area contributed by atoms with E-state index in [1.54, 1.807) is 18.2 Å². The first kappa shape index (κ1) is 15.7. The van der Waals surface area contributed by atoms with Gasteiger partial charge in [-0.05, 0) is 17.7 Å². The Labute approximate surface area is 128 Å². The third-order valence-corrected chi connectivity index (χ3v) is 3.58. The molecule has 8 heteroatoms. The van der Waals surface area contributed by atoms with Crippen molar-refractivity contribution >= 4 is 29.2 Å². The van der Waals surface area contributed by atoms with E-state index in [4.69, 9.17) is 23.2 Å². The van der Waals surface area contributed by atoms with E-state index >= 15 is 0 Å². The van der Waals surface area contributed by atoms with Crippen LogP contribution < -0.4 is 0 Å². The molecule has 0 spiro atoms. The van der Waals surface area contributed by atoms with Gasteiger partial charge in [0.1, 0.15) is 5.56 Å². The Hall–Kier alpha value is -1.66. The van der Waals surface area contributed by atoms with Gasteiger partial charge < -0.3 is 5.11 Å². The highest BCUT2D eigenvalue weighted by Crippen LogP contribution is 2.25. The first-order valence-electron chi connectivity index (χ1n) is 5.90. The highest BCUT2D eigenvalue weighted by Gasteiger charge is 2.22. The zero-order chi connectivity index (χ0) is 15.6. The van der Waals surface area contributed by atoms with E-state index < -0.39 is 18.8 Å². The number of hydrogen-bond donors (Lipinski definition) is 2. The van der Waals surface area contributed by atoms with Gasteiger partial charge in [0.05, 0.1) is 27.9 Å². The topological polar surface area (TPSA) is 66.0 Å². The highest BCUT2D eigenvalue weighted by atomic mass is 35.5. The maximum Gasteiger partial charge on any atom is 0.339 e. The van der Waals surface area contributed by atoms with Crippen molar-refractivity contribution in [3.05, 3.63) is 50.8 Å². The van der Waals surface area contributed by atoms with E-state index in [0.29, 0.717) is 15.6 Å². The van der Waals surface area contributed by atoms with Crippen LogP contribution in [-0.4, -0.2) is 27.7 Å². The molecule has 2 N–H and O–H groups in total. The van der Waals surface area contributed by atoms with Gasteiger partial charge in [0.2, 0.25) is 6.43 Å². The molecule has 1 aromatic heterocycles. The summed E-state index contributed by atoms with van der Waals surface area (Å²) < 4.78 is 24.8. The molecule has 0 aliphatic heterocycles. The summed E-state index contributed by atoms with van der Waals surface area (Å²) in [5, 5.41) is 16.1. The van der Waals surface area contributed by atoms with Gasteiger partial charge >= 0.3 is 5.97 Å². The zero-order valence-electron chi connectivity index (χ0n) is 10.5. The Balaban J connectivity index is 2.33. The number of carbonyl (C=O) groups is 1. The molecule has 4 nitrogen and oxygen atoms in total. The lowest BCUT2D eigenvalue weighted by Crippen LogP contribution is -2.07. The van der Waals surface area contributed by atoms with E-state index in [-0.39, 0.29) is 23.4 Å². The number of aromatic amines is 1. The van der Waals surface area contributed by atoms with Gasteiger partial charge in [-0.3, -0.25) is 5.10 Å². The van der Waals surface area contributed by atoms with Crippen molar-refractivity contribution in [1.29, 1.82) is 0 Å². The summed E-state index contributed by atoms with van der Waals surface area (Å²) in [4.78, 5) is 11.2. The number of nitrogens with zero attached hydrogens (tertiary/aromatic N) is 1. The largest absolute Gasteiger partial charge is 0.478 e. The first-order valence-corrected chi connectivity index (χ1v) is 6.65. The molecule has 0 aliphatic rings. The van der Waals surface area contributed by atoms with E-state index in [2.05, 4.69) is 10.2 Å². The van der Waals surface area contributed by atoms with Crippen molar-refractivity contribution in [1.82, 2.24) is 10.2 Å². The summed E-state index contributed by atoms with van der Waals surface area (Å²) >= 11 is 11.7. The molecule has 0 bridgehead atoms. The molecule has 0 amide bonds. The van der Waals surface area contributed by atoms with Crippen LogP contribution in [0.2, 0.25) is 10.0 Å². The van der Waals surface area contributed by atoms with Gasteiger partial charge in [0.25, 0.3) is 0 Å². The molecule has 0 aliphatic carbocycles. The number of H-pyrrole nitrogens is 1. The van der Waals surface area contributed by atoms with Gasteiger partial charge in [-0.2, -0.15) is 5.10 Å². The molecule has 21 heavy (non-hydrogen) atoms. The molecule has 2 rings (SSSR count). The van der Waals surface area contributed by atoms with Crippen molar-refractivity contribution in [2.75, 3.05) is 0 Å². The zero-order valence-corrected chi connectivity index (χ0v) is 12.1. The van der Waals surface area contributed by atoms with Crippen LogP contribution >= 0.6 is 23.2 Å². The van der Waals surface area contributed by atoms with Gasteiger partial charge in [-0.15, -0.1) is 0 Å². The second-order valence-electron chi connectivity index (χ2n) is 4.35. The molecule has 0 atom stereocenters. The second kappa shape index (κ2) is 6.41. The average molecular weight is 335 g/mol. The third-order valence-electron chi connectivity index (χ3n) is 2.84. The summed E-state index contributed by atoms with van der Waals surface area (Å²) in [5.74, 6) is -1.30. The Morgan fingerprint density at radius 3 is 2.62 bits per heavy atom. The Bertz CT molecular complexity index is 674. The summed E-state index contributed by atoms with van der Waals surface area (Å²) in [6, 6.07) is 4.84. The fourth-order valence-electron chi connectivity index (χ4n) is 1.95. The number of alkyl halides is 2. The molecule has 2 aromatic rings. The number of rotatable bonds is 5. The molecule has 0 unspecified atom stereocenters. The monoisotopic (exact) mass is 334 g/mol. The maximum absolute atomic E-state index is 12.4. The molecule has 1 heterocycles. The number of nitrogens with one attached hydrogen (secondary N) is 1. The predicted molar refractivity (Wildman–Crippen MR) is 74.5 cm³/mol. The molecule has 0 radical (unpaired) electrons. The Morgan fingerprint density at radius 1 is 1.33 bits per heavy atom. The minimum Gasteiger partial charge on any atom is -0.478 e. The molecule has 1 aromatic carbocycles. The van der Waals surface area contributed by atoms with Gasteiger partial charge in [-0.25, -0.2) is 13.6 Å². The fraction of sp³-hybridized carbons (Fsp3) is 0.231. The van der Waals surface area contributed by atoms with Crippen molar-refractivity contribution in [3.63, 3.8) is 0 Å². The van der Waals surface area contributed by atoms with Crippen molar-refractivity contribution < 1.29 is 18.7 Å².